The zero-order valence-electron chi connectivity index (χ0n) is 11.2. The fourth-order valence-corrected chi connectivity index (χ4v) is 2.92. The van der Waals surface area contributed by atoms with Crippen LogP contribution in [0.1, 0.15) is 13.3 Å². The van der Waals surface area contributed by atoms with Crippen molar-refractivity contribution in [2.75, 3.05) is 25.1 Å². The second kappa shape index (κ2) is 5.92. The number of benzene rings is 1. The number of aliphatic hydroxyl groups is 1. The maximum Gasteiger partial charge on any atom is 0.247 e. The zero-order valence-corrected chi connectivity index (χ0v) is 12.8. The van der Waals surface area contributed by atoms with E-state index in [-0.39, 0.29) is 18.6 Å². The molecule has 0 aliphatic carbocycles. The monoisotopic (exact) mass is 326 g/mol. The standard InChI is InChI=1S/C14H19BrN2O2/c1-10-7-8-17(12-6-4-3-5-11(12)15)13(9-18)14(19)16(10)2/h3-6,10,13,18H,7-9H2,1-2H3. The summed E-state index contributed by atoms with van der Waals surface area (Å²) in [5, 5.41) is 9.61. The summed E-state index contributed by atoms with van der Waals surface area (Å²) in [6.45, 7) is 2.62. The van der Waals surface area contributed by atoms with Crippen LogP contribution < -0.4 is 4.90 Å². The van der Waals surface area contributed by atoms with Gasteiger partial charge in [-0.1, -0.05) is 12.1 Å². The smallest absolute Gasteiger partial charge is 0.247 e. The predicted octanol–water partition coefficient (Wildman–Crippen LogP) is 1.87. The Balaban J connectivity index is 2.38. The van der Waals surface area contributed by atoms with E-state index in [2.05, 4.69) is 15.9 Å². The summed E-state index contributed by atoms with van der Waals surface area (Å²) < 4.78 is 0.943. The average molecular weight is 327 g/mol. The molecule has 0 bridgehead atoms. The number of aliphatic hydroxyl groups excluding tert-OH is 1. The van der Waals surface area contributed by atoms with Gasteiger partial charge in [-0.05, 0) is 41.4 Å². The second-order valence-corrected chi connectivity index (χ2v) is 5.78. The number of likely N-dealkylation sites (N-methyl/N-ethyl adjacent to an activating group) is 1. The largest absolute Gasteiger partial charge is 0.394 e. The van der Waals surface area contributed by atoms with Gasteiger partial charge in [0.2, 0.25) is 5.91 Å². The van der Waals surface area contributed by atoms with Crippen molar-refractivity contribution in [1.82, 2.24) is 4.90 Å². The first-order valence-electron chi connectivity index (χ1n) is 6.45. The summed E-state index contributed by atoms with van der Waals surface area (Å²) in [6, 6.07) is 7.48. The van der Waals surface area contributed by atoms with E-state index < -0.39 is 6.04 Å². The van der Waals surface area contributed by atoms with Crippen molar-refractivity contribution in [3.63, 3.8) is 0 Å². The molecular weight excluding hydrogens is 308 g/mol. The minimum atomic E-state index is -0.506. The Hall–Kier alpha value is -1.07. The molecule has 1 saturated heterocycles. The van der Waals surface area contributed by atoms with Crippen molar-refractivity contribution in [3.05, 3.63) is 28.7 Å². The number of carbonyl (C=O) groups is 1. The Morgan fingerprint density at radius 3 is 2.74 bits per heavy atom. The Bertz CT molecular complexity index is 467. The number of amides is 1. The van der Waals surface area contributed by atoms with Crippen LogP contribution in [0.2, 0.25) is 0 Å². The maximum atomic E-state index is 12.4. The van der Waals surface area contributed by atoms with Crippen LogP contribution in [0.4, 0.5) is 5.69 Å². The molecule has 2 rings (SSSR count). The number of nitrogens with zero attached hydrogens (tertiary/aromatic N) is 2. The number of halogens is 1. The fraction of sp³-hybridized carbons (Fsp3) is 0.500. The molecule has 19 heavy (non-hydrogen) atoms. The van der Waals surface area contributed by atoms with E-state index in [4.69, 9.17) is 0 Å². The number of rotatable bonds is 2. The Kier molecular flexibility index (Phi) is 4.47. The van der Waals surface area contributed by atoms with E-state index >= 15 is 0 Å². The predicted molar refractivity (Wildman–Crippen MR) is 79.2 cm³/mol. The fourth-order valence-electron chi connectivity index (χ4n) is 2.41. The molecule has 104 valence electrons. The van der Waals surface area contributed by atoms with E-state index in [1.165, 1.54) is 0 Å². The summed E-state index contributed by atoms with van der Waals surface area (Å²) in [7, 11) is 1.80. The number of para-hydroxylation sites is 1. The minimum absolute atomic E-state index is 0.0248. The Morgan fingerprint density at radius 2 is 2.11 bits per heavy atom. The van der Waals surface area contributed by atoms with Crippen molar-refractivity contribution < 1.29 is 9.90 Å². The molecule has 1 N–H and O–H groups in total. The highest BCUT2D eigenvalue weighted by Crippen LogP contribution is 2.29. The van der Waals surface area contributed by atoms with Crippen LogP contribution in [0, 0.1) is 0 Å². The van der Waals surface area contributed by atoms with Crippen LogP contribution in [0.5, 0.6) is 0 Å². The highest BCUT2D eigenvalue weighted by molar-refractivity contribution is 9.10. The third kappa shape index (κ3) is 2.77. The summed E-state index contributed by atoms with van der Waals surface area (Å²) in [6.07, 6.45) is 0.889. The van der Waals surface area contributed by atoms with E-state index in [0.29, 0.717) is 0 Å². The van der Waals surface area contributed by atoms with Crippen molar-refractivity contribution in [2.45, 2.75) is 25.4 Å². The quantitative estimate of drug-likeness (QED) is 0.902. The molecule has 4 nitrogen and oxygen atoms in total. The van der Waals surface area contributed by atoms with Crippen LogP contribution in [-0.4, -0.2) is 48.2 Å². The van der Waals surface area contributed by atoms with Crippen LogP contribution in [-0.2, 0) is 4.79 Å². The first kappa shape index (κ1) is 14.3. The van der Waals surface area contributed by atoms with Gasteiger partial charge in [0.25, 0.3) is 0 Å². The van der Waals surface area contributed by atoms with Crippen LogP contribution in [0.3, 0.4) is 0 Å². The minimum Gasteiger partial charge on any atom is -0.394 e. The van der Waals surface area contributed by atoms with Gasteiger partial charge in [-0.2, -0.15) is 0 Å². The highest BCUT2D eigenvalue weighted by atomic mass is 79.9. The van der Waals surface area contributed by atoms with Gasteiger partial charge in [-0.25, -0.2) is 0 Å². The van der Waals surface area contributed by atoms with Gasteiger partial charge in [0.05, 0.1) is 12.3 Å². The molecule has 2 atom stereocenters. The molecule has 0 aromatic heterocycles. The number of anilines is 1. The lowest BCUT2D eigenvalue weighted by Gasteiger charge is -2.31. The molecule has 2 unspecified atom stereocenters. The SMILES string of the molecule is CC1CCN(c2ccccc2Br)C(CO)C(=O)N1C. The third-order valence-corrected chi connectivity index (χ3v) is 4.46. The molecule has 1 fully saturated rings. The topological polar surface area (TPSA) is 43.8 Å². The summed E-state index contributed by atoms with van der Waals surface area (Å²) in [5.74, 6) is -0.0248. The van der Waals surface area contributed by atoms with E-state index in [0.717, 1.165) is 23.1 Å². The van der Waals surface area contributed by atoms with Gasteiger partial charge >= 0.3 is 0 Å². The zero-order chi connectivity index (χ0) is 14.0. The lowest BCUT2D eigenvalue weighted by Crippen LogP contribution is -2.48. The van der Waals surface area contributed by atoms with Crippen LogP contribution in [0.15, 0.2) is 28.7 Å². The normalized spacial score (nSPS) is 24.5. The van der Waals surface area contributed by atoms with Gasteiger partial charge in [0, 0.05) is 24.1 Å². The summed E-state index contributed by atoms with van der Waals surface area (Å²) in [5.41, 5.74) is 0.956. The number of carbonyl (C=O) groups excluding carboxylic acids is 1. The van der Waals surface area contributed by atoms with Crippen molar-refractivity contribution in [3.8, 4) is 0 Å². The maximum absolute atomic E-state index is 12.4. The van der Waals surface area contributed by atoms with Gasteiger partial charge in [0.1, 0.15) is 6.04 Å². The van der Waals surface area contributed by atoms with Crippen molar-refractivity contribution in [1.29, 1.82) is 0 Å². The van der Waals surface area contributed by atoms with Crippen molar-refractivity contribution in [2.24, 2.45) is 0 Å². The van der Waals surface area contributed by atoms with Gasteiger partial charge in [-0.15, -0.1) is 0 Å². The molecule has 1 heterocycles. The van der Waals surface area contributed by atoms with E-state index in [1.54, 1.807) is 11.9 Å². The van der Waals surface area contributed by atoms with E-state index in [9.17, 15) is 9.90 Å². The van der Waals surface area contributed by atoms with Gasteiger partial charge < -0.3 is 14.9 Å². The molecular formula is C14H19BrN2O2. The number of hydrogen-bond donors (Lipinski definition) is 1. The lowest BCUT2D eigenvalue weighted by atomic mass is 10.2. The van der Waals surface area contributed by atoms with Crippen molar-refractivity contribution >= 4 is 27.5 Å². The van der Waals surface area contributed by atoms with E-state index in [1.807, 2.05) is 36.1 Å². The summed E-state index contributed by atoms with van der Waals surface area (Å²) >= 11 is 3.52. The molecule has 0 radical (unpaired) electrons. The molecule has 1 amide bonds. The third-order valence-electron chi connectivity index (χ3n) is 3.79. The van der Waals surface area contributed by atoms with Crippen LogP contribution >= 0.6 is 15.9 Å². The lowest BCUT2D eigenvalue weighted by molar-refractivity contribution is -0.133. The first-order chi connectivity index (χ1) is 9.06. The van der Waals surface area contributed by atoms with Crippen LogP contribution in [0.25, 0.3) is 0 Å². The Labute approximate surface area is 122 Å². The molecule has 1 aliphatic rings. The molecule has 5 heteroatoms. The number of hydrogen-bond acceptors (Lipinski definition) is 3. The summed E-state index contributed by atoms with van der Waals surface area (Å²) in [4.78, 5) is 16.1. The molecule has 0 saturated carbocycles. The second-order valence-electron chi connectivity index (χ2n) is 4.93. The average Bonchev–Trinajstić information content (AvgIpc) is 2.51. The van der Waals surface area contributed by atoms with Gasteiger partial charge in [0.15, 0.2) is 0 Å². The first-order valence-corrected chi connectivity index (χ1v) is 7.24. The Morgan fingerprint density at radius 1 is 1.42 bits per heavy atom. The molecule has 1 aliphatic heterocycles. The molecule has 0 spiro atoms. The molecule has 1 aromatic rings. The molecule has 1 aromatic carbocycles. The van der Waals surface area contributed by atoms with Gasteiger partial charge in [-0.3, -0.25) is 4.79 Å². The highest BCUT2D eigenvalue weighted by Gasteiger charge is 2.34.